The SMILES string of the molecule is CCCCCCCCCCCCC(C(=O)NC(CC)C(C(=O)O)[N+](C)(C)C)C(C(=O)O)[N+](C)(C)C. The normalized spacial score (nSPS) is 15.8. The van der Waals surface area contributed by atoms with Gasteiger partial charge in [-0.3, -0.25) is 4.79 Å². The third kappa shape index (κ3) is 12.7. The summed E-state index contributed by atoms with van der Waals surface area (Å²) >= 11 is 0. The maximum atomic E-state index is 13.5. The van der Waals surface area contributed by atoms with E-state index in [0.29, 0.717) is 12.8 Å². The summed E-state index contributed by atoms with van der Waals surface area (Å²) in [4.78, 5) is 37.7. The number of unbranched alkanes of at least 4 members (excludes halogenated alkanes) is 9. The molecule has 0 heterocycles. The summed E-state index contributed by atoms with van der Waals surface area (Å²) in [6.45, 7) is 4.07. The number of aliphatic carboxylic acids is 2. The van der Waals surface area contributed by atoms with Crippen molar-refractivity contribution >= 4 is 17.8 Å². The van der Waals surface area contributed by atoms with Crippen LogP contribution >= 0.6 is 0 Å². The Labute approximate surface area is 214 Å². The highest BCUT2D eigenvalue weighted by Gasteiger charge is 2.45. The maximum Gasteiger partial charge on any atom is 0.364 e. The number of nitrogens with one attached hydrogen (secondary N) is 1. The van der Waals surface area contributed by atoms with E-state index in [1.165, 1.54) is 44.9 Å². The summed E-state index contributed by atoms with van der Waals surface area (Å²) in [6, 6.07) is -2.31. The lowest BCUT2D eigenvalue weighted by Crippen LogP contribution is -2.63. The molecule has 0 aliphatic rings. The van der Waals surface area contributed by atoms with Crippen molar-refractivity contribution in [2.45, 2.75) is 109 Å². The van der Waals surface area contributed by atoms with Crippen LogP contribution in [0, 0.1) is 5.92 Å². The average molecular weight is 502 g/mol. The van der Waals surface area contributed by atoms with E-state index < -0.39 is 36.0 Å². The number of carbonyl (C=O) groups excluding carboxylic acids is 1. The Morgan fingerprint density at radius 2 is 1.06 bits per heavy atom. The zero-order chi connectivity index (χ0) is 27.2. The molecule has 0 bridgehead atoms. The number of carboxylic acids is 2. The second-order valence-corrected chi connectivity index (χ2v) is 11.9. The minimum absolute atomic E-state index is 0.125. The topological polar surface area (TPSA) is 104 Å². The molecule has 8 nitrogen and oxygen atoms in total. The van der Waals surface area contributed by atoms with Crippen LogP contribution in [0.2, 0.25) is 0 Å². The van der Waals surface area contributed by atoms with Gasteiger partial charge in [-0.05, 0) is 12.8 Å². The van der Waals surface area contributed by atoms with Gasteiger partial charge in [0, 0.05) is 0 Å². The van der Waals surface area contributed by atoms with E-state index >= 15 is 0 Å². The third-order valence-corrected chi connectivity index (χ3v) is 6.91. The first kappa shape index (κ1) is 33.3. The molecule has 0 saturated heterocycles. The third-order valence-electron chi connectivity index (χ3n) is 6.91. The van der Waals surface area contributed by atoms with E-state index in [2.05, 4.69) is 12.2 Å². The van der Waals surface area contributed by atoms with Crippen LogP contribution in [0.3, 0.4) is 0 Å². The fraction of sp³-hybridized carbons (Fsp3) is 0.889. The molecular weight excluding hydrogens is 446 g/mol. The van der Waals surface area contributed by atoms with E-state index in [1.807, 2.05) is 6.92 Å². The van der Waals surface area contributed by atoms with Crippen LogP contribution in [0.5, 0.6) is 0 Å². The summed E-state index contributed by atoms with van der Waals surface area (Å²) in [5, 5.41) is 22.8. The molecule has 8 heteroatoms. The molecule has 0 fully saturated rings. The fourth-order valence-corrected chi connectivity index (χ4v) is 5.06. The van der Waals surface area contributed by atoms with Crippen LogP contribution in [0.4, 0.5) is 0 Å². The number of quaternary nitrogens is 2. The quantitative estimate of drug-likeness (QED) is 0.172. The zero-order valence-corrected chi connectivity index (χ0v) is 23.8. The lowest BCUT2D eigenvalue weighted by atomic mass is 9.89. The molecule has 3 N–H and O–H groups in total. The molecule has 4 atom stereocenters. The van der Waals surface area contributed by atoms with Crippen molar-refractivity contribution in [3.8, 4) is 0 Å². The highest BCUT2D eigenvalue weighted by atomic mass is 16.4. The lowest BCUT2D eigenvalue weighted by Gasteiger charge is -2.38. The zero-order valence-electron chi connectivity index (χ0n) is 23.8. The standard InChI is InChI=1S/C27H53N3O5/c1-9-11-12-13-14-15-16-17-18-19-20-21(23(26(32)33)29(3,4)5)25(31)28-22(10-2)24(27(34)35)30(6,7)8/h21-24H,9-20H2,1-8H3,(H-2,28,31,32,33,34,35)/p+2. The molecule has 0 aromatic rings. The Balaban J connectivity index is 5.28. The summed E-state index contributed by atoms with van der Waals surface area (Å²) in [7, 11) is 10.8. The van der Waals surface area contributed by atoms with Crippen molar-refractivity contribution < 1.29 is 33.6 Å². The molecule has 35 heavy (non-hydrogen) atoms. The van der Waals surface area contributed by atoms with Crippen LogP contribution in [0.15, 0.2) is 0 Å². The second kappa shape index (κ2) is 16.1. The van der Waals surface area contributed by atoms with Gasteiger partial charge >= 0.3 is 11.9 Å². The van der Waals surface area contributed by atoms with Gasteiger partial charge in [0.15, 0.2) is 6.04 Å². The Morgan fingerprint density at radius 1 is 0.657 bits per heavy atom. The first-order chi connectivity index (χ1) is 16.2. The molecule has 1 amide bonds. The number of hydrogen-bond donors (Lipinski definition) is 3. The Morgan fingerprint density at radius 3 is 1.40 bits per heavy atom. The van der Waals surface area contributed by atoms with E-state index in [4.69, 9.17) is 0 Å². The predicted octanol–water partition coefficient (Wildman–Crippen LogP) is 4.13. The predicted molar refractivity (Wildman–Crippen MR) is 141 cm³/mol. The van der Waals surface area contributed by atoms with Crippen LogP contribution in [-0.2, 0) is 14.4 Å². The summed E-state index contributed by atoms with van der Waals surface area (Å²) in [5.41, 5.74) is 0. The van der Waals surface area contributed by atoms with Crippen molar-refractivity contribution in [3.05, 3.63) is 0 Å². The Kier molecular flexibility index (Phi) is 15.4. The summed E-state index contributed by atoms with van der Waals surface area (Å²) < 4.78 is 0.286. The molecule has 0 aromatic heterocycles. The minimum atomic E-state index is -1.00. The Bertz CT molecular complexity index is 640. The van der Waals surface area contributed by atoms with Gasteiger partial charge in [-0.2, -0.15) is 0 Å². The van der Waals surface area contributed by atoms with Crippen molar-refractivity contribution in [3.63, 3.8) is 0 Å². The number of hydrogen-bond acceptors (Lipinski definition) is 3. The van der Waals surface area contributed by atoms with Gasteiger partial charge in [0.2, 0.25) is 11.9 Å². The number of amides is 1. The van der Waals surface area contributed by atoms with Gasteiger partial charge in [-0.25, -0.2) is 9.59 Å². The highest BCUT2D eigenvalue weighted by molar-refractivity contribution is 5.86. The maximum absolute atomic E-state index is 13.5. The molecule has 0 aliphatic heterocycles. The van der Waals surface area contributed by atoms with Crippen molar-refractivity contribution in [2.24, 2.45) is 5.92 Å². The smallest absolute Gasteiger partial charge is 0.364 e. The van der Waals surface area contributed by atoms with Crippen molar-refractivity contribution in [2.75, 3.05) is 42.3 Å². The second-order valence-electron chi connectivity index (χ2n) is 11.9. The van der Waals surface area contributed by atoms with Crippen LogP contribution in [-0.4, -0.2) is 97.4 Å². The molecule has 0 spiro atoms. The van der Waals surface area contributed by atoms with Crippen LogP contribution < -0.4 is 5.32 Å². The molecule has 0 radical (unpaired) electrons. The highest BCUT2D eigenvalue weighted by Crippen LogP contribution is 2.24. The van der Waals surface area contributed by atoms with Crippen molar-refractivity contribution in [1.29, 1.82) is 0 Å². The number of rotatable bonds is 20. The van der Waals surface area contributed by atoms with Crippen LogP contribution in [0.25, 0.3) is 0 Å². The van der Waals surface area contributed by atoms with E-state index in [1.54, 1.807) is 42.3 Å². The van der Waals surface area contributed by atoms with Gasteiger partial charge in [-0.1, -0.05) is 78.1 Å². The van der Waals surface area contributed by atoms with Gasteiger partial charge in [-0.15, -0.1) is 0 Å². The molecular formula is C27H55N3O5+2. The lowest BCUT2D eigenvalue weighted by molar-refractivity contribution is -0.890. The number of carbonyl (C=O) groups is 3. The fourth-order valence-electron chi connectivity index (χ4n) is 5.06. The number of likely N-dealkylation sites (N-methyl/N-ethyl adjacent to an activating group) is 2. The first-order valence-electron chi connectivity index (χ1n) is 13.6. The van der Waals surface area contributed by atoms with Crippen molar-refractivity contribution in [1.82, 2.24) is 5.32 Å². The molecule has 0 saturated carbocycles. The van der Waals surface area contributed by atoms with Gasteiger partial charge in [0.05, 0.1) is 48.3 Å². The van der Waals surface area contributed by atoms with Gasteiger partial charge < -0.3 is 24.5 Å². The summed E-state index contributed by atoms with van der Waals surface area (Å²) in [6.07, 6.45) is 12.6. The Hall–Kier alpha value is -1.67. The molecule has 0 aliphatic carbocycles. The molecule has 0 rings (SSSR count). The van der Waals surface area contributed by atoms with Crippen LogP contribution in [0.1, 0.15) is 90.9 Å². The number of carboxylic acid groups (broad SMARTS) is 2. The monoisotopic (exact) mass is 501 g/mol. The molecule has 4 unspecified atom stereocenters. The minimum Gasteiger partial charge on any atom is -0.477 e. The largest absolute Gasteiger partial charge is 0.477 e. The number of nitrogens with zero attached hydrogens (tertiary/aromatic N) is 2. The molecule has 0 aromatic carbocycles. The molecule has 206 valence electrons. The van der Waals surface area contributed by atoms with E-state index in [9.17, 15) is 24.6 Å². The first-order valence-corrected chi connectivity index (χ1v) is 13.6. The van der Waals surface area contributed by atoms with Gasteiger partial charge in [0.25, 0.3) is 0 Å². The van der Waals surface area contributed by atoms with E-state index in [-0.39, 0.29) is 14.9 Å². The summed E-state index contributed by atoms with van der Waals surface area (Å²) in [5.74, 6) is -3.05. The van der Waals surface area contributed by atoms with E-state index in [0.717, 1.165) is 19.3 Å². The average Bonchev–Trinajstić information content (AvgIpc) is 2.70. The van der Waals surface area contributed by atoms with Gasteiger partial charge in [0.1, 0.15) is 5.92 Å².